The molecular weight excluding hydrogens is 325 g/mol. The van der Waals surface area contributed by atoms with Crippen LogP contribution < -0.4 is 0 Å². The summed E-state index contributed by atoms with van der Waals surface area (Å²) in [4.78, 5) is 0. The minimum atomic E-state index is -0.279. The third-order valence-corrected chi connectivity index (χ3v) is 5.94. The van der Waals surface area contributed by atoms with Gasteiger partial charge in [0.1, 0.15) is 0 Å². The van der Waals surface area contributed by atoms with E-state index < -0.39 is 0 Å². The monoisotopic (exact) mass is 360 g/mol. The molecule has 0 N–H and O–H groups in total. The van der Waals surface area contributed by atoms with E-state index in [1.54, 1.807) is 0 Å². The van der Waals surface area contributed by atoms with Gasteiger partial charge < -0.3 is 18.6 Å². The molecule has 0 radical (unpaired) electrons. The van der Waals surface area contributed by atoms with Crippen LogP contribution in [0.5, 0.6) is 0 Å². The maximum absolute atomic E-state index is 6.29. The van der Waals surface area contributed by atoms with Crippen molar-refractivity contribution in [2.45, 2.75) is 103 Å². The lowest BCUT2D eigenvalue weighted by Crippen LogP contribution is -2.41. The minimum absolute atomic E-state index is 0.0638. The van der Waals surface area contributed by atoms with Crippen LogP contribution in [-0.4, -0.2) is 42.5 Å². The van der Waals surface area contributed by atoms with Gasteiger partial charge in [0, 0.05) is 0 Å². The van der Waals surface area contributed by atoms with Crippen LogP contribution >= 0.6 is 11.6 Å². The lowest BCUT2D eigenvalue weighted by atomic mass is 9.80. The van der Waals surface area contributed by atoms with Gasteiger partial charge in [-0.2, -0.15) is 0 Å². The van der Waals surface area contributed by atoms with Crippen molar-refractivity contribution in [1.82, 2.24) is 0 Å². The number of halogens is 1. The molecule has 7 heteroatoms. The molecule has 0 bridgehead atoms. The van der Waals surface area contributed by atoms with E-state index in [1.165, 1.54) is 0 Å². The Balaban J connectivity index is 0.000000272. The summed E-state index contributed by atoms with van der Waals surface area (Å²) >= 11 is 6.29. The summed E-state index contributed by atoms with van der Waals surface area (Å²) in [5, 5.41) is -0.0638. The van der Waals surface area contributed by atoms with Crippen molar-refractivity contribution in [1.29, 1.82) is 0 Å². The Labute approximate surface area is 154 Å². The normalized spacial score (nSPS) is 27.4. The van der Waals surface area contributed by atoms with Gasteiger partial charge in [-0.1, -0.05) is 13.8 Å². The largest absolute Gasteiger partial charge is 0.476 e. The summed E-state index contributed by atoms with van der Waals surface area (Å²) in [5.74, 6) is 0.562. The van der Waals surface area contributed by atoms with Gasteiger partial charge in [0.25, 0.3) is 0 Å². The predicted octanol–water partition coefficient (Wildman–Crippen LogP) is 4.13. The van der Waals surface area contributed by atoms with E-state index in [-0.39, 0.29) is 34.8 Å². The van der Waals surface area contributed by atoms with Crippen LogP contribution in [0.15, 0.2) is 0 Å². The molecule has 0 aromatic heterocycles. The van der Waals surface area contributed by atoms with Crippen molar-refractivity contribution < 1.29 is 18.6 Å². The standard InChI is InChI=1S/C11H22BClO2.C6H13BO2/c1-8(2)7-9(13)12-14-10(3,4)11(5,6)15-12;1-5(2)6(3,4)9-7-8-5/h8-9H,7H2,1-6H3;7H,1-4H3/t9-;/m1./s1. The molecule has 2 fully saturated rings. The second kappa shape index (κ2) is 7.48. The van der Waals surface area contributed by atoms with Gasteiger partial charge in [0.15, 0.2) is 0 Å². The molecule has 0 aliphatic carbocycles. The van der Waals surface area contributed by atoms with E-state index in [4.69, 9.17) is 30.2 Å². The fourth-order valence-electron chi connectivity index (χ4n) is 2.27. The molecule has 0 aromatic rings. The molecule has 0 aromatic carbocycles. The third-order valence-electron chi connectivity index (χ3n) is 5.55. The van der Waals surface area contributed by atoms with Crippen LogP contribution in [0.25, 0.3) is 0 Å². The summed E-state index contributed by atoms with van der Waals surface area (Å²) in [6.45, 7) is 20.7. The first-order chi connectivity index (χ1) is 10.6. The van der Waals surface area contributed by atoms with Gasteiger partial charge in [0.05, 0.1) is 27.7 Å². The summed E-state index contributed by atoms with van der Waals surface area (Å²) in [7, 11) is 0.152. The Bertz CT molecular complexity index is 395. The summed E-state index contributed by atoms with van der Waals surface area (Å²) in [5.41, 5.74) is -0.816. The average Bonchev–Trinajstić information content (AvgIpc) is 2.72. The van der Waals surface area contributed by atoms with E-state index in [0.29, 0.717) is 13.6 Å². The highest BCUT2D eigenvalue weighted by molar-refractivity contribution is 6.59. The molecule has 0 spiro atoms. The van der Waals surface area contributed by atoms with Crippen LogP contribution in [0.2, 0.25) is 0 Å². The van der Waals surface area contributed by atoms with Crippen molar-refractivity contribution in [3.63, 3.8) is 0 Å². The van der Waals surface area contributed by atoms with E-state index in [9.17, 15) is 0 Å². The molecular formula is C17H35B2ClO4. The van der Waals surface area contributed by atoms with Crippen molar-refractivity contribution >= 4 is 26.4 Å². The van der Waals surface area contributed by atoms with Gasteiger partial charge in [0.2, 0.25) is 0 Å². The van der Waals surface area contributed by atoms with Gasteiger partial charge >= 0.3 is 14.8 Å². The van der Waals surface area contributed by atoms with Gasteiger partial charge in [-0.05, 0) is 67.7 Å². The summed E-state index contributed by atoms with van der Waals surface area (Å²) < 4.78 is 22.4. The van der Waals surface area contributed by atoms with Crippen molar-refractivity contribution in [2.24, 2.45) is 5.92 Å². The first-order valence-corrected chi connectivity index (χ1v) is 9.32. The van der Waals surface area contributed by atoms with Crippen LogP contribution in [0.1, 0.15) is 75.7 Å². The number of rotatable bonds is 3. The van der Waals surface area contributed by atoms with E-state index >= 15 is 0 Å². The molecule has 1 atom stereocenters. The highest BCUT2D eigenvalue weighted by atomic mass is 35.5. The quantitative estimate of drug-likeness (QED) is 0.560. The van der Waals surface area contributed by atoms with Gasteiger partial charge in [-0.3, -0.25) is 0 Å². The second-order valence-corrected chi connectivity index (χ2v) is 9.76. The molecule has 2 heterocycles. The Morgan fingerprint density at radius 2 is 1.17 bits per heavy atom. The van der Waals surface area contributed by atoms with Crippen LogP contribution in [0, 0.1) is 5.92 Å². The second-order valence-electron chi connectivity index (χ2n) is 9.20. The molecule has 0 unspecified atom stereocenters. The third kappa shape index (κ3) is 5.14. The predicted molar refractivity (Wildman–Crippen MR) is 103 cm³/mol. The van der Waals surface area contributed by atoms with Crippen LogP contribution in [-0.2, 0) is 18.6 Å². The summed E-state index contributed by atoms with van der Waals surface area (Å²) in [6.07, 6.45) is 0.915. The average molecular weight is 361 g/mol. The molecule has 4 nitrogen and oxygen atoms in total. The van der Waals surface area contributed by atoms with Gasteiger partial charge in [-0.15, -0.1) is 11.6 Å². The Morgan fingerprint density at radius 1 is 0.792 bits per heavy atom. The van der Waals surface area contributed by atoms with E-state index in [2.05, 4.69) is 13.8 Å². The fraction of sp³-hybridized carbons (Fsp3) is 1.00. The summed E-state index contributed by atoms with van der Waals surface area (Å²) in [6, 6.07) is 0. The van der Waals surface area contributed by atoms with E-state index in [0.717, 1.165) is 6.42 Å². The molecule has 140 valence electrons. The molecule has 0 amide bonds. The maximum Gasteiger partial charge on any atom is 0.476 e. The van der Waals surface area contributed by atoms with E-state index in [1.807, 2.05) is 55.4 Å². The topological polar surface area (TPSA) is 36.9 Å². The first-order valence-electron chi connectivity index (χ1n) is 8.89. The zero-order chi connectivity index (χ0) is 19.0. The SMILES string of the molecule is CC(C)C[C@@H](Cl)B1OC(C)(C)C(C)(C)O1.CC1(C)OBOC1(C)C. The highest BCUT2D eigenvalue weighted by Gasteiger charge is 2.53. The lowest BCUT2D eigenvalue weighted by Gasteiger charge is -2.32. The smallest absolute Gasteiger partial charge is 0.406 e. The Morgan fingerprint density at radius 3 is 1.42 bits per heavy atom. The molecule has 2 rings (SSSR count). The fourth-order valence-corrected chi connectivity index (χ4v) is 2.73. The first kappa shape index (κ1) is 22.3. The van der Waals surface area contributed by atoms with Crippen molar-refractivity contribution in [2.75, 3.05) is 0 Å². The zero-order valence-corrected chi connectivity index (χ0v) is 17.9. The van der Waals surface area contributed by atoms with Gasteiger partial charge in [-0.25, -0.2) is 0 Å². The number of hydrogen-bond donors (Lipinski definition) is 0. The van der Waals surface area contributed by atoms with Crippen molar-refractivity contribution in [3.05, 3.63) is 0 Å². The van der Waals surface area contributed by atoms with Crippen molar-refractivity contribution in [3.8, 4) is 0 Å². The Kier molecular flexibility index (Phi) is 6.95. The Hall–Kier alpha value is 0.260. The molecule has 2 saturated heterocycles. The van der Waals surface area contributed by atoms with Crippen LogP contribution in [0.4, 0.5) is 0 Å². The number of alkyl halides is 1. The maximum atomic E-state index is 6.29. The number of hydrogen-bond acceptors (Lipinski definition) is 4. The van der Waals surface area contributed by atoms with Crippen LogP contribution in [0.3, 0.4) is 0 Å². The minimum Gasteiger partial charge on any atom is -0.406 e. The molecule has 24 heavy (non-hydrogen) atoms. The molecule has 2 aliphatic rings. The molecule has 0 saturated carbocycles. The molecule has 2 aliphatic heterocycles. The lowest BCUT2D eigenvalue weighted by molar-refractivity contribution is 0.00578. The highest BCUT2D eigenvalue weighted by Crippen LogP contribution is 2.39. The zero-order valence-electron chi connectivity index (χ0n) is 17.2.